The molecule has 1 aliphatic rings. The predicted octanol–water partition coefficient (Wildman–Crippen LogP) is 2.63. The molecule has 1 fully saturated rings. The molecule has 88 valence electrons. The maximum atomic E-state index is 11.3. The zero-order valence-corrected chi connectivity index (χ0v) is 10.5. The quantitative estimate of drug-likeness (QED) is 0.701. The van der Waals surface area contributed by atoms with E-state index in [1.54, 1.807) is 6.92 Å². The summed E-state index contributed by atoms with van der Waals surface area (Å²) in [7, 11) is 2.03. The lowest BCUT2D eigenvalue weighted by molar-refractivity contribution is -0.118. The third-order valence-corrected chi connectivity index (χ3v) is 3.80. The van der Waals surface area contributed by atoms with E-state index in [0.29, 0.717) is 23.7 Å². The maximum Gasteiger partial charge on any atom is 0.130 e. The summed E-state index contributed by atoms with van der Waals surface area (Å²) in [4.78, 5) is 11.3. The average molecular weight is 211 g/mol. The molecule has 15 heavy (non-hydrogen) atoms. The Kier molecular flexibility index (Phi) is 4.78. The average Bonchev–Trinajstić information content (AvgIpc) is 2.99. The second-order valence-electron chi connectivity index (χ2n) is 5.11. The molecule has 0 bridgehead atoms. The van der Waals surface area contributed by atoms with Gasteiger partial charge in [0.1, 0.15) is 5.78 Å². The van der Waals surface area contributed by atoms with Gasteiger partial charge in [-0.05, 0) is 44.6 Å². The Morgan fingerprint density at radius 3 is 2.40 bits per heavy atom. The Hall–Kier alpha value is -0.370. The summed E-state index contributed by atoms with van der Waals surface area (Å²) >= 11 is 0. The van der Waals surface area contributed by atoms with Crippen molar-refractivity contribution in [3.8, 4) is 0 Å². The van der Waals surface area contributed by atoms with Crippen molar-refractivity contribution in [1.82, 2.24) is 5.32 Å². The lowest BCUT2D eigenvalue weighted by Crippen LogP contribution is -2.40. The van der Waals surface area contributed by atoms with Gasteiger partial charge in [-0.3, -0.25) is 0 Å². The van der Waals surface area contributed by atoms with Crippen LogP contribution in [-0.2, 0) is 4.79 Å². The monoisotopic (exact) mass is 211 g/mol. The number of hydrogen-bond acceptors (Lipinski definition) is 2. The van der Waals surface area contributed by atoms with Gasteiger partial charge in [0.2, 0.25) is 0 Å². The molecule has 0 aliphatic heterocycles. The lowest BCUT2D eigenvalue weighted by Gasteiger charge is -2.31. The third-order valence-electron chi connectivity index (χ3n) is 3.80. The Morgan fingerprint density at radius 1 is 1.47 bits per heavy atom. The first kappa shape index (κ1) is 12.7. The van der Waals surface area contributed by atoms with Crippen LogP contribution in [-0.4, -0.2) is 18.9 Å². The summed E-state index contributed by atoms with van der Waals surface area (Å²) in [5.74, 6) is 2.39. The number of ketones is 1. The molecule has 3 atom stereocenters. The maximum absolute atomic E-state index is 11.3. The van der Waals surface area contributed by atoms with E-state index in [-0.39, 0.29) is 0 Å². The van der Waals surface area contributed by atoms with Gasteiger partial charge in [-0.25, -0.2) is 0 Å². The van der Waals surface area contributed by atoms with E-state index in [0.717, 1.165) is 12.3 Å². The summed E-state index contributed by atoms with van der Waals surface area (Å²) in [6, 6.07) is 0.520. The van der Waals surface area contributed by atoms with Gasteiger partial charge >= 0.3 is 0 Å². The molecule has 0 spiro atoms. The smallest absolute Gasteiger partial charge is 0.130 e. The summed E-state index contributed by atoms with van der Waals surface area (Å²) in [6.45, 7) is 6.24. The van der Waals surface area contributed by atoms with Crippen molar-refractivity contribution in [3.63, 3.8) is 0 Å². The summed E-state index contributed by atoms with van der Waals surface area (Å²) in [6.07, 6.45) is 4.60. The second-order valence-corrected chi connectivity index (χ2v) is 5.11. The van der Waals surface area contributed by atoms with Gasteiger partial charge in [0.25, 0.3) is 0 Å². The van der Waals surface area contributed by atoms with Crippen LogP contribution in [0.4, 0.5) is 0 Å². The Morgan fingerprint density at radius 2 is 2.07 bits per heavy atom. The first-order valence-corrected chi connectivity index (χ1v) is 6.26. The molecule has 0 aromatic carbocycles. The number of carbonyl (C=O) groups is 1. The topological polar surface area (TPSA) is 29.1 Å². The van der Waals surface area contributed by atoms with Crippen LogP contribution in [0.15, 0.2) is 0 Å². The second kappa shape index (κ2) is 5.64. The fourth-order valence-corrected chi connectivity index (χ4v) is 2.62. The van der Waals surface area contributed by atoms with Crippen molar-refractivity contribution >= 4 is 5.78 Å². The highest BCUT2D eigenvalue weighted by Crippen LogP contribution is 2.42. The number of carbonyl (C=O) groups excluding carboxylic acids is 1. The number of nitrogens with one attached hydrogen (secondary N) is 1. The highest BCUT2D eigenvalue weighted by atomic mass is 16.1. The van der Waals surface area contributed by atoms with Gasteiger partial charge in [-0.15, -0.1) is 0 Å². The Labute approximate surface area is 93.8 Å². The van der Waals surface area contributed by atoms with Gasteiger partial charge < -0.3 is 10.1 Å². The van der Waals surface area contributed by atoms with Gasteiger partial charge in [0, 0.05) is 12.5 Å². The molecule has 3 unspecified atom stereocenters. The normalized spacial score (nSPS) is 22.1. The van der Waals surface area contributed by atoms with Gasteiger partial charge in [-0.2, -0.15) is 0 Å². The van der Waals surface area contributed by atoms with E-state index in [1.165, 1.54) is 19.3 Å². The van der Waals surface area contributed by atoms with Gasteiger partial charge in [-0.1, -0.05) is 20.3 Å². The van der Waals surface area contributed by atoms with Gasteiger partial charge in [0.15, 0.2) is 0 Å². The van der Waals surface area contributed by atoms with E-state index >= 15 is 0 Å². The van der Waals surface area contributed by atoms with Crippen LogP contribution in [0.25, 0.3) is 0 Å². The summed E-state index contributed by atoms with van der Waals surface area (Å²) in [5.41, 5.74) is 0. The molecule has 0 amide bonds. The minimum Gasteiger partial charge on any atom is -0.316 e. The van der Waals surface area contributed by atoms with E-state index < -0.39 is 0 Å². The molecule has 0 aromatic rings. The fourth-order valence-electron chi connectivity index (χ4n) is 2.62. The molecule has 1 aliphatic carbocycles. The largest absolute Gasteiger partial charge is 0.316 e. The zero-order valence-electron chi connectivity index (χ0n) is 10.5. The summed E-state index contributed by atoms with van der Waals surface area (Å²) < 4.78 is 0. The van der Waals surface area contributed by atoms with E-state index in [2.05, 4.69) is 19.2 Å². The van der Waals surface area contributed by atoms with Crippen LogP contribution >= 0.6 is 0 Å². The molecule has 2 nitrogen and oxygen atoms in total. The number of hydrogen-bond donors (Lipinski definition) is 1. The van der Waals surface area contributed by atoms with Crippen molar-refractivity contribution in [2.24, 2.45) is 17.8 Å². The number of rotatable bonds is 7. The standard InChI is InChI=1S/C13H25NO/c1-5-9(2)13(14-4)12(8-10(3)15)11-6-7-11/h9,11-14H,5-8H2,1-4H3. The molecule has 0 heterocycles. The molecule has 1 N–H and O–H groups in total. The van der Waals surface area contributed by atoms with E-state index in [9.17, 15) is 4.79 Å². The zero-order chi connectivity index (χ0) is 11.4. The summed E-state index contributed by atoms with van der Waals surface area (Å²) in [5, 5.41) is 3.43. The molecule has 0 aromatic heterocycles. The van der Waals surface area contributed by atoms with E-state index in [1.807, 2.05) is 7.05 Å². The molecule has 1 saturated carbocycles. The highest BCUT2D eigenvalue weighted by Gasteiger charge is 2.38. The predicted molar refractivity (Wildman–Crippen MR) is 63.8 cm³/mol. The third kappa shape index (κ3) is 3.60. The highest BCUT2D eigenvalue weighted by molar-refractivity contribution is 5.75. The molecule has 2 heteroatoms. The molecule has 1 rings (SSSR count). The molecular weight excluding hydrogens is 186 g/mol. The SMILES string of the molecule is CCC(C)C(NC)C(CC(C)=O)C1CC1. The van der Waals surface area contributed by atoms with Crippen molar-refractivity contribution in [2.75, 3.05) is 7.05 Å². The van der Waals surface area contributed by atoms with Crippen molar-refractivity contribution < 1.29 is 4.79 Å². The lowest BCUT2D eigenvalue weighted by atomic mass is 9.82. The first-order chi connectivity index (χ1) is 7.10. The molecule has 0 radical (unpaired) electrons. The minimum absolute atomic E-state index is 0.343. The van der Waals surface area contributed by atoms with Gasteiger partial charge in [0.05, 0.1) is 0 Å². The van der Waals surface area contributed by atoms with Crippen LogP contribution < -0.4 is 5.32 Å². The Balaban J connectivity index is 2.62. The van der Waals surface area contributed by atoms with Crippen molar-refractivity contribution in [1.29, 1.82) is 0 Å². The Bertz CT molecular complexity index is 211. The molecular formula is C13H25NO. The van der Waals surface area contributed by atoms with Crippen LogP contribution in [0.1, 0.15) is 46.5 Å². The van der Waals surface area contributed by atoms with Crippen molar-refractivity contribution in [2.45, 2.75) is 52.5 Å². The van der Waals surface area contributed by atoms with Crippen molar-refractivity contribution in [3.05, 3.63) is 0 Å². The van der Waals surface area contributed by atoms with Crippen LogP contribution in [0, 0.1) is 17.8 Å². The van der Waals surface area contributed by atoms with Crippen LogP contribution in [0.3, 0.4) is 0 Å². The first-order valence-electron chi connectivity index (χ1n) is 6.26. The van der Waals surface area contributed by atoms with Crippen LogP contribution in [0.2, 0.25) is 0 Å². The molecule has 0 saturated heterocycles. The minimum atomic E-state index is 0.343. The van der Waals surface area contributed by atoms with Crippen LogP contribution in [0.5, 0.6) is 0 Å². The number of Topliss-reactive ketones (excluding diaryl/α,β-unsaturated/α-hetero) is 1. The fraction of sp³-hybridized carbons (Fsp3) is 0.923. The van der Waals surface area contributed by atoms with E-state index in [4.69, 9.17) is 0 Å².